The van der Waals surface area contributed by atoms with Crippen LogP contribution >= 0.6 is 0 Å². The molecule has 0 spiro atoms. The second-order valence-electron chi connectivity index (χ2n) is 6.04. The molecule has 0 heterocycles. The number of rotatable bonds is 4. The van der Waals surface area contributed by atoms with Crippen molar-refractivity contribution in [3.05, 3.63) is 35.4 Å². The van der Waals surface area contributed by atoms with Gasteiger partial charge >= 0.3 is 5.97 Å². The highest BCUT2D eigenvalue weighted by Gasteiger charge is 2.71. The van der Waals surface area contributed by atoms with Gasteiger partial charge in [0.15, 0.2) is 0 Å². The van der Waals surface area contributed by atoms with E-state index in [0.717, 1.165) is 25.7 Å². The second kappa shape index (κ2) is 3.58. The number of aliphatic carboxylic acids is 1. The van der Waals surface area contributed by atoms with Crippen LogP contribution in [0, 0.1) is 5.41 Å². The molecule has 3 fully saturated rings. The number of aryl methyl sites for hydroxylation is 1. The Bertz CT molecular complexity index is 489. The van der Waals surface area contributed by atoms with Crippen LogP contribution in [0.25, 0.3) is 0 Å². The maximum Gasteiger partial charge on any atom is 0.321 e. The maximum atomic E-state index is 11.0. The number of carbonyl (C=O) groups is 1. The predicted molar refractivity (Wildman–Crippen MR) is 69.4 cm³/mol. The van der Waals surface area contributed by atoms with Crippen molar-refractivity contribution in [3.63, 3.8) is 0 Å². The van der Waals surface area contributed by atoms with E-state index in [1.807, 2.05) is 0 Å². The zero-order valence-corrected chi connectivity index (χ0v) is 10.6. The van der Waals surface area contributed by atoms with Crippen molar-refractivity contribution >= 4 is 5.97 Å². The Morgan fingerprint density at radius 3 is 2.67 bits per heavy atom. The summed E-state index contributed by atoms with van der Waals surface area (Å²) in [7, 11) is 0. The molecule has 18 heavy (non-hydrogen) atoms. The van der Waals surface area contributed by atoms with Gasteiger partial charge in [0, 0.05) is 0 Å². The Labute approximate surface area is 107 Å². The first kappa shape index (κ1) is 11.7. The van der Waals surface area contributed by atoms with Crippen molar-refractivity contribution in [1.82, 2.24) is 0 Å². The van der Waals surface area contributed by atoms with Gasteiger partial charge in [-0.1, -0.05) is 31.2 Å². The smallest absolute Gasteiger partial charge is 0.321 e. The predicted octanol–water partition coefficient (Wildman–Crippen LogP) is 2.08. The highest BCUT2D eigenvalue weighted by molar-refractivity contribution is 5.76. The second-order valence-corrected chi connectivity index (χ2v) is 6.04. The van der Waals surface area contributed by atoms with Gasteiger partial charge in [-0.05, 0) is 47.6 Å². The van der Waals surface area contributed by atoms with Gasteiger partial charge in [0.1, 0.15) is 6.04 Å². The molecule has 3 saturated carbocycles. The van der Waals surface area contributed by atoms with E-state index < -0.39 is 12.0 Å². The van der Waals surface area contributed by atoms with E-state index in [9.17, 15) is 4.79 Å². The number of carboxylic acids is 1. The third kappa shape index (κ3) is 1.37. The molecule has 3 heteroatoms. The Balaban J connectivity index is 1.78. The van der Waals surface area contributed by atoms with Crippen molar-refractivity contribution in [3.8, 4) is 0 Å². The van der Waals surface area contributed by atoms with Gasteiger partial charge in [0.25, 0.3) is 0 Å². The summed E-state index contributed by atoms with van der Waals surface area (Å²) < 4.78 is 0. The topological polar surface area (TPSA) is 63.3 Å². The number of benzene rings is 1. The number of nitrogens with two attached hydrogens (primary N) is 1. The molecule has 2 bridgehead atoms. The van der Waals surface area contributed by atoms with E-state index in [1.54, 1.807) is 0 Å². The average Bonchev–Trinajstić information content (AvgIpc) is 2.25. The average molecular weight is 245 g/mol. The Morgan fingerprint density at radius 2 is 2.11 bits per heavy atom. The van der Waals surface area contributed by atoms with Gasteiger partial charge in [-0.3, -0.25) is 4.79 Å². The summed E-state index contributed by atoms with van der Waals surface area (Å²) in [4.78, 5) is 11.0. The summed E-state index contributed by atoms with van der Waals surface area (Å²) in [5.41, 5.74) is 8.64. The Kier molecular flexibility index (Phi) is 2.33. The summed E-state index contributed by atoms with van der Waals surface area (Å²) in [5.74, 6) is -0.856. The molecule has 1 aromatic rings. The van der Waals surface area contributed by atoms with Crippen LogP contribution in [0.2, 0.25) is 0 Å². The van der Waals surface area contributed by atoms with E-state index in [4.69, 9.17) is 10.8 Å². The number of hydrogen-bond donors (Lipinski definition) is 2. The van der Waals surface area contributed by atoms with Crippen LogP contribution in [-0.4, -0.2) is 17.1 Å². The first-order chi connectivity index (χ1) is 8.51. The third-order valence-electron chi connectivity index (χ3n) is 4.94. The maximum absolute atomic E-state index is 11.0. The first-order valence-corrected chi connectivity index (χ1v) is 6.59. The molecule has 4 rings (SSSR count). The van der Waals surface area contributed by atoms with Gasteiger partial charge in [-0.2, -0.15) is 0 Å². The minimum Gasteiger partial charge on any atom is -0.480 e. The van der Waals surface area contributed by atoms with Gasteiger partial charge in [0.05, 0.1) is 0 Å². The summed E-state index contributed by atoms with van der Waals surface area (Å²) in [6.45, 7) is 2.16. The third-order valence-corrected chi connectivity index (χ3v) is 4.94. The molecule has 1 atom stereocenters. The molecule has 1 unspecified atom stereocenters. The normalized spacial score (nSPS) is 34.3. The van der Waals surface area contributed by atoms with E-state index in [2.05, 4.69) is 31.2 Å². The number of hydrogen-bond acceptors (Lipinski definition) is 2. The summed E-state index contributed by atoms with van der Waals surface area (Å²) in [6.07, 6.45) is 3.88. The fourth-order valence-electron chi connectivity index (χ4n) is 3.89. The van der Waals surface area contributed by atoms with Crippen LogP contribution in [0.4, 0.5) is 0 Å². The molecule has 1 aromatic carbocycles. The minimum absolute atomic E-state index is 0.117. The van der Waals surface area contributed by atoms with Gasteiger partial charge in [-0.25, -0.2) is 0 Å². The van der Waals surface area contributed by atoms with Crippen LogP contribution < -0.4 is 5.73 Å². The zero-order valence-electron chi connectivity index (χ0n) is 10.6. The molecule has 0 radical (unpaired) electrons. The summed E-state index contributed by atoms with van der Waals surface area (Å²) in [6, 6.07) is 8.02. The van der Waals surface area contributed by atoms with Crippen molar-refractivity contribution < 1.29 is 9.90 Å². The van der Waals surface area contributed by atoms with Crippen molar-refractivity contribution in [2.75, 3.05) is 0 Å². The van der Waals surface area contributed by atoms with Crippen molar-refractivity contribution in [2.24, 2.45) is 11.1 Å². The largest absolute Gasteiger partial charge is 0.480 e. The minimum atomic E-state index is -0.856. The molecule has 0 aliphatic heterocycles. The first-order valence-electron chi connectivity index (χ1n) is 6.59. The van der Waals surface area contributed by atoms with Crippen molar-refractivity contribution in [2.45, 2.75) is 44.1 Å². The molecule has 96 valence electrons. The highest BCUT2D eigenvalue weighted by atomic mass is 16.4. The number of carboxylic acid groups (broad SMARTS) is 1. The molecule has 3 nitrogen and oxygen atoms in total. The summed E-state index contributed by atoms with van der Waals surface area (Å²) in [5, 5.41) is 9.02. The quantitative estimate of drug-likeness (QED) is 0.853. The van der Waals surface area contributed by atoms with E-state index >= 15 is 0 Å². The molecule has 0 saturated heterocycles. The van der Waals surface area contributed by atoms with Crippen LogP contribution in [0.5, 0.6) is 0 Å². The van der Waals surface area contributed by atoms with Crippen LogP contribution in [-0.2, 0) is 16.6 Å². The van der Waals surface area contributed by atoms with E-state index in [0.29, 0.717) is 0 Å². The lowest BCUT2D eigenvalue weighted by molar-refractivity contribution is -0.178. The molecule has 0 aromatic heterocycles. The summed E-state index contributed by atoms with van der Waals surface area (Å²) >= 11 is 0. The van der Waals surface area contributed by atoms with E-state index in [1.165, 1.54) is 11.1 Å². The van der Waals surface area contributed by atoms with Gasteiger partial charge in [-0.15, -0.1) is 0 Å². The molecule has 3 aliphatic rings. The molecule has 0 amide bonds. The van der Waals surface area contributed by atoms with Gasteiger partial charge < -0.3 is 10.8 Å². The van der Waals surface area contributed by atoms with Gasteiger partial charge in [0.2, 0.25) is 0 Å². The standard InChI is InChI=1S/C15H19NO2/c1-2-10-4-3-5-11(6-10)14-7-15(8-14,9-14)12(16)13(17)18/h3-6,12H,2,7-9,16H2,1H3,(H,17,18). The molecule has 3 aliphatic carbocycles. The molecule has 3 N–H and O–H groups in total. The van der Waals surface area contributed by atoms with Crippen LogP contribution in [0.3, 0.4) is 0 Å². The lowest BCUT2D eigenvalue weighted by atomic mass is 9.31. The highest BCUT2D eigenvalue weighted by Crippen LogP contribution is 2.74. The van der Waals surface area contributed by atoms with Crippen LogP contribution in [0.1, 0.15) is 37.3 Å². The zero-order chi connectivity index (χ0) is 13.0. The van der Waals surface area contributed by atoms with Crippen LogP contribution in [0.15, 0.2) is 24.3 Å². The molecular weight excluding hydrogens is 226 g/mol. The Morgan fingerprint density at radius 1 is 1.44 bits per heavy atom. The lowest BCUT2D eigenvalue weighted by Crippen LogP contribution is -2.72. The fourth-order valence-corrected chi connectivity index (χ4v) is 3.89. The lowest BCUT2D eigenvalue weighted by Gasteiger charge is -2.72. The Hall–Kier alpha value is -1.35. The fraction of sp³-hybridized carbons (Fsp3) is 0.533. The molecular formula is C15H19NO2. The van der Waals surface area contributed by atoms with E-state index in [-0.39, 0.29) is 10.8 Å². The van der Waals surface area contributed by atoms with Crippen molar-refractivity contribution in [1.29, 1.82) is 0 Å². The monoisotopic (exact) mass is 245 g/mol. The SMILES string of the molecule is CCc1cccc(C23CC(C(N)C(=O)O)(C2)C3)c1.